The SMILES string of the molecule is COc1ccccc1NS(=O)(=O)c1c(C)sc(C)c1-c1ccno1. The zero-order valence-electron chi connectivity index (χ0n) is 13.4. The molecule has 0 amide bonds. The van der Waals surface area contributed by atoms with Crippen LogP contribution in [0.2, 0.25) is 0 Å². The van der Waals surface area contributed by atoms with Crippen LogP contribution in [0.25, 0.3) is 11.3 Å². The number of sulfonamides is 1. The minimum Gasteiger partial charge on any atom is -0.495 e. The molecule has 0 radical (unpaired) electrons. The molecule has 0 unspecified atom stereocenters. The third kappa shape index (κ3) is 2.90. The third-order valence-electron chi connectivity index (χ3n) is 3.51. The van der Waals surface area contributed by atoms with Crippen molar-refractivity contribution in [1.29, 1.82) is 0 Å². The van der Waals surface area contributed by atoms with Gasteiger partial charge in [0.25, 0.3) is 10.0 Å². The van der Waals surface area contributed by atoms with Gasteiger partial charge in [-0.25, -0.2) is 8.42 Å². The van der Waals surface area contributed by atoms with Crippen molar-refractivity contribution in [2.75, 3.05) is 11.8 Å². The molecule has 0 fully saturated rings. The number of para-hydroxylation sites is 2. The summed E-state index contributed by atoms with van der Waals surface area (Å²) in [5.41, 5.74) is 0.921. The van der Waals surface area contributed by atoms with Gasteiger partial charge >= 0.3 is 0 Å². The molecule has 2 heterocycles. The number of ether oxygens (including phenoxy) is 1. The maximum Gasteiger partial charge on any atom is 0.263 e. The molecule has 2 aromatic heterocycles. The summed E-state index contributed by atoms with van der Waals surface area (Å²) >= 11 is 1.40. The van der Waals surface area contributed by atoms with Crippen LogP contribution in [0.15, 0.2) is 45.9 Å². The highest BCUT2D eigenvalue weighted by atomic mass is 32.2. The van der Waals surface area contributed by atoms with E-state index in [1.807, 2.05) is 6.92 Å². The van der Waals surface area contributed by atoms with Gasteiger partial charge in [-0.3, -0.25) is 4.72 Å². The lowest BCUT2D eigenvalue weighted by molar-refractivity contribution is 0.417. The second-order valence-corrected chi connectivity index (χ2v) is 8.15. The van der Waals surface area contributed by atoms with Crippen LogP contribution in [0.1, 0.15) is 9.75 Å². The summed E-state index contributed by atoms with van der Waals surface area (Å²) < 4.78 is 39.0. The van der Waals surface area contributed by atoms with E-state index in [4.69, 9.17) is 9.26 Å². The number of aromatic nitrogens is 1. The predicted molar refractivity (Wildman–Crippen MR) is 93.1 cm³/mol. The molecule has 0 atom stereocenters. The average molecular weight is 364 g/mol. The minimum atomic E-state index is -3.82. The van der Waals surface area contributed by atoms with Gasteiger partial charge in [0.1, 0.15) is 10.6 Å². The summed E-state index contributed by atoms with van der Waals surface area (Å²) in [5.74, 6) is 0.879. The summed E-state index contributed by atoms with van der Waals surface area (Å²) in [6, 6.07) is 8.51. The largest absolute Gasteiger partial charge is 0.495 e. The molecule has 0 aliphatic heterocycles. The second-order valence-electron chi connectivity index (χ2n) is 5.10. The van der Waals surface area contributed by atoms with Crippen molar-refractivity contribution in [2.45, 2.75) is 18.7 Å². The lowest BCUT2D eigenvalue weighted by Crippen LogP contribution is -2.14. The highest BCUT2D eigenvalue weighted by molar-refractivity contribution is 7.93. The van der Waals surface area contributed by atoms with Crippen LogP contribution in [0.4, 0.5) is 5.69 Å². The number of nitrogens with zero attached hydrogens (tertiary/aromatic N) is 1. The van der Waals surface area contributed by atoms with Crippen molar-refractivity contribution in [3.8, 4) is 17.1 Å². The van der Waals surface area contributed by atoms with Gasteiger partial charge in [0.15, 0.2) is 5.76 Å². The third-order valence-corrected chi connectivity index (χ3v) is 6.20. The van der Waals surface area contributed by atoms with Gasteiger partial charge < -0.3 is 9.26 Å². The highest BCUT2D eigenvalue weighted by Crippen LogP contribution is 2.40. The molecule has 1 aromatic carbocycles. The number of rotatable bonds is 5. The van der Waals surface area contributed by atoms with Crippen molar-refractivity contribution in [1.82, 2.24) is 5.16 Å². The number of benzene rings is 1. The molecule has 1 N–H and O–H groups in total. The van der Waals surface area contributed by atoms with E-state index in [0.29, 0.717) is 27.6 Å². The molecule has 126 valence electrons. The van der Waals surface area contributed by atoms with E-state index in [-0.39, 0.29) is 4.90 Å². The van der Waals surface area contributed by atoms with Gasteiger partial charge in [-0.15, -0.1) is 11.3 Å². The summed E-state index contributed by atoms with van der Waals surface area (Å²) in [4.78, 5) is 1.73. The maximum atomic E-state index is 13.0. The minimum absolute atomic E-state index is 0.202. The van der Waals surface area contributed by atoms with E-state index in [1.54, 1.807) is 37.3 Å². The van der Waals surface area contributed by atoms with Crippen LogP contribution >= 0.6 is 11.3 Å². The fourth-order valence-electron chi connectivity index (χ4n) is 2.54. The Labute approximate surface area is 144 Å². The van der Waals surface area contributed by atoms with E-state index >= 15 is 0 Å². The molecule has 3 rings (SSSR count). The lowest BCUT2D eigenvalue weighted by Gasteiger charge is -2.12. The van der Waals surface area contributed by atoms with Gasteiger partial charge in [-0.2, -0.15) is 0 Å². The predicted octanol–water partition coefficient (Wildman–Crippen LogP) is 3.83. The number of anilines is 1. The molecule has 0 saturated heterocycles. The van der Waals surface area contributed by atoms with Crippen LogP contribution in [0.3, 0.4) is 0 Å². The number of aryl methyl sites for hydroxylation is 2. The first kappa shape index (κ1) is 16.5. The van der Waals surface area contributed by atoms with Crippen LogP contribution in [-0.2, 0) is 10.0 Å². The smallest absolute Gasteiger partial charge is 0.263 e. The van der Waals surface area contributed by atoms with Gasteiger partial charge in [-0.1, -0.05) is 17.3 Å². The molecule has 8 heteroatoms. The second kappa shape index (κ2) is 6.29. The molecule has 24 heavy (non-hydrogen) atoms. The molecular formula is C16H16N2O4S2. The van der Waals surface area contributed by atoms with E-state index in [1.165, 1.54) is 24.6 Å². The Hall–Kier alpha value is -2.32. The van der Waals surface area contributed by atoms with Crippen molar-refractivity contribution >= 4 is 27.0 Å². The Morgan fingerprint density at radius 2 is 1.92 bits per heavy atom. The standard InChI is InChI=1S/C16H16N2O4S2/c1-10-15(14-8-9-17-22-14)16(11(2)23-10)24(19,20)18-12-6-4-5-7-13(12)21-3/h4-9,18H,1-3H3. The summed E-state index contributed by atoms with van der Waals surface area (Å²) in [5, 5.41) is 3.68. The summed E-state index contributed by atoms with van der Waals surface area (Å²) in [6.45, 7) is 3.63. The van der Waals surface area contributed by atoms with Gasteiger partial charge in [0, 0.05) is 15.8 Å². The fraction of sp³-hybridized carbons (Fsp3) is 0.188. The molecule has 0 saturated carbocycles. The first-order chi connectivity index (χ1) is 11.4. The Morgan fingerprint density at radius 1 is 1.17 bits per heavy atom. The first-order valence-corrected chi connectivity index (χ1v) is 9.41. The van der Waals surface area contributed by atoms with Crippen molar-refractivity contribution in [3.05, 3.63) is 46.3 Å². The quantitative estimate of drug-likeness (QED) is 0.744. The Morgan fingerprint density at radius 3 is 2.58 bits per heavy atom. The van der Waals surface area contributed by atoms with Gasteiger partial charge in [-0.05, 0) is 26.0 Å². The zero-order valence-corrected chi connectivity index (χ0v) is 15.0. The van der Waals surface area contributed by atoms with Crippen LogP contribution in [-0.4, -0.2) is 20.7 Å². The molecule has 0 aliphatic carbocycles. The van der Waals surface area contributed by atoms with E-state index in [0.717, 1.165) is 4.88 Å². The fourth-order valence-corrected chi connectivity index (χ4v) is 5.48. The zero-order chi connectivity index (χ0) is 17.3. The van der Waals surface area contributed by atoms with E-state index in [9.17, 15) is 8.42 Å². The average Bonchev–Trinajstić information content (AvgIpc) is 3.14. The van der Waals surface area contributed by atoms with Gasteiger partial charge in [0.2, 0.25) is 0 Å². The summed E-state index contributed by atoms with van der Waals surface area (Å²) in [6.07, 6.45) is 1.49. The van der Waals surface area contributed by atoms with Gasteiger partial charge in [0.05, 0.1) is 24.6 Å². The topological polar surface area (TPSA) is 81.4 Å². The molecule has 6 nitrogen and oxygen atoms in total. The van der Waals surface area contributed by atoms with E-state index in [2.05, 4.69) is 9.88 Å². The number of nitrogens with one attached hydrogen (secondary N) is 1. The van der Waals surface area contributed by atoms with Crippen LogP contribution < -0.4 is 9.46 Å². The van der Waals surface area contributed by atoms with Crippen molar-refractivity contribution < 1.29 is 17.7 Å². The van der Waals surface area contributed by atoms with Crippen LogP contribution in [0, 0.1) is 13.8 Å². The van der Waals surface area contributed by atoms with Crippen LogP contribution in [0.5, 0.6) is 5.75 Å². The number of methoxy groups -OCH3 is 1. The maximum absolute atomic E-state index is 13.0. The Balaban J connectivity index is 2.11. The molecule has 3 aromatic rings. The van der Waals surface area contributed by atoms with Crippen molar-refractivity contribution in [3.63, 3.8) is 0 Å². The molecular weight excluding hydrogens is 348 g/mol. The lowest BCUT2D eigenvalue weighted by atomic mass is 10.2. The Bertz CT molecular complexity index is 960. The molecule has 0 spiro atoms. The Kier molecular flexibility index (Phi) is 4.33. The highest BCUT2D eigenvalue weighted by Gasteiger charge is 2.28. The number of thiophene rings is 1. The molecule has 0 bridgehead atoms. The van der Waals surface area contributed by atoms with Crippen molar-refractivity contribution in [2.24, 2.45) is 0 Å². The number of hydrogen-bond acceptors (Lipinski definition) is 6. The molecule has 0 aliphatic rings. The first-order valence-electron chi connectivity index (χ1n) is 7.11. The normalized spacial score (nSPS) is 11.5. The van der Waals surface area contributed by atoms with E-state index < -0.39 is 10.0 Å². The summed E-state index contributed by atoms with van der Waals surface area (Å²) in [7, 11) is -2.33. The monoisotopic (exact) mass is 364 g/mol. The number of hydrogen-bond donors (Lipinski definition) is 1.